The maximum Gasteiger partial charge on any atom is 0.216 e. The number of benzene rings is 1. The van der Waals surface area contributed by atoms with Crippen molar-refractivity contribution < 1.29 is 4.79 Å². The molecule has 0 saturated carbocycles. The topological polar surface area (TPSA) is 59.0 Å². The van der Waals surface area contributed by atoms with E-state index in [1.807, 2.05) is 18.2 Å². The Morgan fingerprint density at radius 3 is 2.84 bits per heavy atom. The molecule has 1 aromatic heterocycles. The number of hydrogen-bond donors (Lipinski definition) is 2. The number of carbonyl (C=O) groups is 1. The Balaban J connectivity index is 2.12. The van der Waals surface area contributed by atoms with Crippen molar-refractivity contribution >= 4 is 22.9 Å². The highest BCUT2D eigenvalue weighted by atomic mass is 16.1. The van der Waals surface area contributed by atoms with E-state index >= 15 is 0 Å². The lowest BCUT2D eigenvalue weighted by atomic mass is 10.3. The first kappa shape index (κ1) is 13.4. The average Bonchev–Trinajstić information content (AvgIpc) is 2.74. The molecule has 2 N–H and O–H groups in total. The van der Waals surface area contributed by atoms with Crippen LogP contribution in [0.5, 0.6) is 0 Å². The number of carbonyl (C=O) groups excluding carboxylic acids is 1. The molecule has 5 heteroatoms. The number of anilines is 1. The van der Waals surface area contributed by atoms with Crippen LogP contribution in [-0.2, 0) is 11.3 Å². The maximum absolute atomic E-state index is 10.8. The fourth-order valence-electron chi connectivity index (χ4n) is 2.07. The Hall–Kier alpha value is -2.04. The van der Waals surface area contributed by atoms with Crippen LogP contribution in [0.4, 0.5) is 5.95 Å². The number of imidazole rings is 1. The van der Waals surface area contributed by atoms with E-state index < -0.39 is 0 Å². The van der Waals surface area contributed by atoms with Crippen molar-refractivity contribution in [2.75, 3.05) is 18.4 Å². The third kappa shape index (κ3) is 3.24. The smallest absolute Gasteiger partial charge is 0.216 e. The van der Waals surface area contributed by atoms with E-state index in [4.69, 9.17) is 0 Å². The summed E-state index contributed by atoms with van der Waals surface area (Å²) in [5.41, 5.74) is 2.14. The number of aromatic nitrogens is 2. The zero-order chi connectivity index (χ0) is 13.7. The predicted molar refractivity (Wildman–Crippen MR) is 77.2 cm³/mol. The van der Waals surface area contributed by atoms with Gasteiger partial charge in [0.2, 0.25) is 11.9 Å². The van der Waals surface area contributed by atoms with Gasteiger partial charge in [-0.2, -0.15) is 0 Å². The summed E-state index contributed by atoms with van der Waals surface area (Å²) in [5, 5.41) is 6.04. The van der Waals surface area contributed by atoms with Gasteiger partial charge in [0.1, 0.15) is 0 Å². The standard InChI is InChI=1S/C14H20N4O/c1-3-10-18-13-7-5-4-6-12(13)17-14(18)16-9-8-15-11(2)19/h4-7H,3,8-10H2,1-2H3,(H,15,19)(H,16,17). The lowest BCUT2D eigenvalue weighted by molar-refractivity contribution is -0.118. The van der Waals surface area contributed by atoms with Crippen molar-refractivity contribution in [1.82, 2.24) is 14.9 Å². The van der Waals surface area contributed by atoms with Crippen LogP contribution in [0, 0.1) is 0 Å². The van der Waals surface area contributed by atoms with Gasteiger partial charge in [0, 0.05) is 26.6 Å². The van der Waals surface area contributed by atoms with Crippen LogP contribution < -0.4 is 10.6 Å². The molecule has 0 bridgehead atoms. The van der Waals surface area contributed by atoms with E-state index in [2.05, 4.69) is 33.2 Å². The van der Waals surface area contributed by atoms with Crippen LogP contribution in [0.15, 0.2) is 24.3 Å². The largest absolute Gasteiger partial charge is 0.355 e. The lowest BCUT2D eigenvalue weighted by Crippen LogP contribution is -2.27. The molecule has 0 aliphatic carbocycles. The van der Waals surface area contributed by atoms with Gasteiger partial charge >= 0.3 is 0 Å². The maximum atomic E-state index is 10.8. The zero-order valence-electron chi connectivity index (χ0n) is 11.4. The van der Waals surface area contributed by atoms with E-state index in [-0.39, 0.29) is 5.91 Å². The van der Waals surface area contributed by atoms with Crippen LogP contribution in [-0.4, -0.2) is 28.5 Å². The summed E-state index contributed by atoms with van der Waals surface area (Å²) in [7, 11) is 0. The number of fused-ring (bicyclic) bond motifs is 1. The molecular formula is C14H20N4O. The Morgan fingerprint density at radius 1 is 1.32 bits per heavy atom. The summed E-state index contributed by atoms with van der Waals surface area (Å²) >= 11 is 0. The number of aryl methyl sites for hydroxylation is 1. The summed E-state index contributed by atoms with van der Waals surface area (Å²) in [6, 6.07) is 8.11. The van der Waals surface area contributed by atoms with E-state index in [9.17, 15) is 4.79 Å². The number of para-hydroxylation sites is 2. The van der Waals surface area contributed by atoms with E-state index in [0.717, 1.165) is 29.9 Å². The number of nitrogens with one attached hydrogen (secondary N) is 2. The number of nitrogens with zero attached hydrogens (tertiary/aromatic N) is 2. The van der Waals surface area contributed by atoms with Gasteiger partial charge in [-0.15, -0.1) is 0 Å². The van der Waals surface area contributed by atoms with Crippen LogP contribution in [0.25, 0.3) is 11.0 Å². The summed E-state index contributed by atoms with van der Waals surface area (Å²) in [5.74, 6) is 0.859. The van der Waals surface area contributed by atoms with Crippen molar-refractivity contribution in [3.63, 3.8) is 0 Å². The number of rotatable bonds is 6. The van der Waals surface area contributed by atoms with Gasteiger partial charge in [0.15, 0.2) is 0 Å². The molecule has 0 spiro atoms. The minimum atomic E-state index is -0.0103. The van der Waals surface area contributed by atoms with Gasteiger partial charge in [0.25, 0.3) is 0 Å². The molecule has 0 unspecified atom stereocenters. The molecule has 1 amide bonds. The van der Waals surface area contributed by atoms with Crippen LogP contribution in [0.1, 0.15) is 20.3 Å². The molecule has 5 nitrogen and oxygen atoms in total. The minimum absolute atomic E-state index is 0.0103. The van der Waals surface area contributed by atoms with Gasteiger partial charge in [-0.05, 0) is 18.6 Å². The molecule has 19 heavy (non-hydrogen) atoms. The molecule has 0 aliphatic rings. The summed E-state index contributed by atoms with van der Waals surface area (Å²) < 4.78 is 2.18. The molecule has 2 rings (SSSR count). The number of hydrogen-bond acceptors (Lipinski definition) is 3. The highest BCUT2D eigenvalue weighted by Crippen LogP contribution is 2.19. The molecule has 2 aromatic rings. The normalized spacial score (nSPS) is 10.6. The monoisotopic (exact) mass is 260 g/mol. The lowest BCUT2D eigenvalue weighted by Gasteiger charge is -2.09. The quantitative estimate of drug-likeness (QED) is 0.781. The second-order valence-electron chi connectivity index (χ2n) is 4.49. The van der Waals surface area contributed by atoms with Crippen molar-refractivity contribution in [1.29, 1.82) is 0 Å². The Morgan fingerprint density at radius 2 is 2.11 bits per heavy atom. The van der Waals surface area contributed by atoms with E-state index in [1.165, 1.54) is 6.92 Å². The molecule has 0 fully saturated rings. The fourth-order valence-corrected chi connectivity index (χ4v) is 2.07. The predicted octanol–water partition coefficient (Wildman–Crippen LogP) is 1.99. The summed E-state index contributed by atoms with van der Waals surface area (Å²) in [6.45, 7) is 5.88. The fraction of sp³-hybridized carbons (Fsp3) is 0.429. The van der Waals surface area contributed by atoms with Crippen molar-refractivity contribution in [3.8, 4) is 0 Å². The number of amides is 1. The van der Waals surface area contributed by atoms with Crippen LogP contribution in [0.2, 0.25) is 0 Å². The second-order valence-corrected chi connectivity index (χ2v) is 4.49. The highest BCUT2D eigenvalue weighted by molar-refractivity contribution is 5.78. The van der Waals surface area contributed by atoms with E-state index in [1.54, 1.807) is 0 Å². The van der Waals surface area contributed by atoms with Gasteiger partial charge in [-0.25, -0.2) is 4.98 Å². The Labute approximate surface area is 113 Å². The van der Waals surface area contributed by atoms with Gasteiger partial charge in [-0.3, -0.25) is 4.79 Å². The molecular weight excluding hydrogens is 240 g/mol. The third-order valence-electron chi connectivity index (χ3n) is 2.88. The molecule has 0 saturated heterocycles. The molecule has 102 valence electrons. The SMILES string of the molecule is CCCn1c(NCCNC(C)=O)nc2ccccc21. The first-order valence-electron chi connectivity index (χ1n) is 6.66. The summed E-state index contributed by atoms with van der Waals surface area (Å²) in [4.78, 5) is 15.4. The van der Waals surface area contributed by atoms with E-state index in [0.29, 0.717) is 13.1 Å². The Bertz CT molecular complexity index is 562. The molecule has 0 radical (unpaired) electrons. The summed E-state index contributed by atoms with van der Waals surface area (Å²) in [6.07, 6.45) is 1.06. The minimum Gasteiger partial charge on any atom is -0.355 e. The highest BCUT2D eigenvalue weighted by Gasteiger charge is 2.08. The Kier molecular flexibility index (Phi) is 4.39. The molecule has 1 heterocycles. The molecule has 1 aromatic carbocycles. The first-order valence-corrected chi connectivity index (χ1v) is 6.66. The second kappa shape index (κ2) is 6.22. The van der Waals surface area contributed by atoms with Gasteiger partial charge in [-0.1, -0.05) is 19.1 Å². The first-order chi connectivity index (χ1) is 9.22. The van der Waals surface area contributed by atoms with Gasteiger partial charge in [0.05, 0.1) is 11.0 Å². The molecule has 0 aliphatic heterocycles. The average molecular weight is 260 g/mol. The third-order valence-corrected chi connectivity index (χ3v) is 2.88. The van der Waals surface area contributed by atoms with Crippen molar-refractivity contribution in [2.24, 2.45) is 0 Å². The van der Waals surface area contributed by atoms with Crippen LogP contribution >= 0.6 is 0 Å². The van der Waals surface area contributed by atoms with Crippen molar-refractivity contribution in [3.05, 3.63) is 24.3 Å². The van der Waals surface area contributed by atoms with Gasteiger partial charge < -0.3 is 15.2 Å². The molecule has 0 atom stereocenters. The van der Waals surface area contributed by atoms with Crippen LogP contribution in [0.3, 0.4) is 0 Å². The zero-order valence-corrected chi connectivity index (χ0v) is 11.4. The van der Waals surface area contributed by atoms with Crippen molar-refractivity contribution in [2.45, 2.75) is 26.8 Å².